The molecule has 0 aromatic heterocycles. The number of ether oxygens (including phenoxy) is 2. The number of halogens is 2. The number of benzene rings is 3. The predicted molar refractivity (Wildman–Crippen MR) is 111 cm³/mol. The Kier molecular flexibility index (Phi) is 6.05. The van der Waals surface area contributed by atoms with Crippen molar-refractivity contribution in [2.75, 3.05) is 12.3 Å². The molecule has 0 aliphatic carbocycles. The quantitative estimate of drug-likeness (QED) is 0.402. The highest BCUT2D eigenvalue weighted by atomic mass is 35.5. The largest absolute Gasteiger partial charge is 0.487 e. The van der Waals surface area contributed by atoms with Crippen molar-refractivity contribution >= 4 is 34.6 Å². The van der Waals surface area contributed by atoms with E-state index in [1.165, 1.54) is 0 Å². The molecule has 0 amide bonds. The van der Waals surface area contributed by atoms with Crippen LogP contribution in [0.3, 0.4) is 0 Å². The number of nitrogens with two attached hydrogens (primary N) is 1. The van der Waals surface area contributed by atoms with Crippen LogP contribution in [-0.2, 0) is 0 Å². The van der Waals surface area contributed by atoms with Gasteiger partial charge in [-0.05, 0) is 36.4 Å². The second-order valence-corrected chi connectivity index (χ2v) is 6.74. The van der Waals surface area contributed by atoms with E-state index in [1.54, 1.807) is 54.6 Å². The third-order valence-electron chi connectivity index (χ3n) is 3.75. The Labute approximate surface area is 172 Å². The number of hydrogen-bond acceptors (Lipinski definition) is 5. The van der Waals surface area contributed by atoms with Gasteiger partial charge in [-0.3, -0.25) is 0 Å². The molecule has 0 saturated heterocycles. The summed E-state index contributed by atoms with van der Waals surface area (Å²) in [5, 5.41) is 18.0. The van der Waals surface area contributed by atoms with Gasteiger partial charge in [0.25, 0.3) is 0 Å². The lowest BCUT2D eigenvalue weighted by atomic mass is 10.1. The molecular weight excluding hydrogens is 397 g/mol. The fourth-order valence-electron chi connectivity index (χ4n) is 2.51. The minimum atomic E-state index is 0.0176. The van der Waals surface area contributed by atoms with Crippen LogP contribution in [0.1, 0.15) is 11.1 Å². The van der Waals surface area contributed by atoms with Gasteiger partial charge >= 0.3 is 0 Å². The Morgan fingerprint density at radius 1 is 0.964 bits per heavy atom. The van der Waals surface area contributed by atoms with E-state index in [4.69, 9.17) is 49.1 Å². The molecule has 0 fully saturated rings. The molecule has 0 radical (unpaired) electrons. The van der Waals surface area contributed by atoms with E-state index in [1.807, 2.05) is 12.1 Å². The van der Waals surface area contributed by atoms with E-state index in [0.717, 1.165) is 0 Å². The molecule has 0 spiro atoms. The van der Waals surface area contributed by atoms with Crippen molar-refractivity contribution in [3.63, 3.8) is 0 Å². The van der Waals surface area contributed by atoms with Crippen LogP contribution < -0.4 is 15.2 Å². The van der Waals surface area contributed by atoms with E-state index < -0.39 is 0 Å². The Bertz CT molecular complexity index is 1080. The minimum Gasteiger partial charge on any atom is -0.487 e. The summed E-state index contributed by atoms with van der Waals surface area (Å²) in [6, 6.07) is 18.7. The summed E-state index contributed by atoms with van der Waals surface area (Å²) < 4.78 is 11.4. The number of nitrogen functional groups attached to an aromatic ring is 1. The standard InChI is InChI=1S/C21H15Cl2N3O2/c22-14-5-13(11-24)6-17(8-14)28-18-9-15(23)7-16(10-18)27-12-21(26)19-3-1-2-4-20(19)25/h1-10,26H,12,25H2. The molecule has 0 aliphatic rings. The summed E-state index contributed by atoms with van der Waals surface area (Å²) in [7, 11) is 0. The topological polar surface area (TPSA) is 92.1 Å². The molecule has 0 bridgehead atoms. The van der Waals surface area contributed by atoms with Crippen LogP contribution in [0.5, 0.6) is 17.2 Å². The summed E-state index contributed by atoms with van der Waals surface area (Å²) >= 11 is 12.1. The first-order valence-electron chi connectivity index (χ1n) is 8.19. The first-order chi connectivity index (χ1) is 13.4. The molecule has 0 aliphatic heterocycles. The normalized spacial score (nSPS) is 10.2. The summed E-state index contributed by atoms with van der Waals surface area (Å²) in [5.74, 6) is 1.26. The van der Waals surface area contributed by atoms with Crippen LogP contribution in [0.2, 0.25) is 10.0 Å². The number of rotatable bonds is 6. The van der Waals surface area contributed by atoms with Gasteiger partial charge in [0.05, 0.1) is 17.3 Å². The van der Waals surface area contributed by atoms with Crippen molar-refractivity contribution in [3.8, 4) is 23.3 Å². The van der Waals surface area contributed by atoms with Crippen molar-refractivity contribution in [1.82, 2.24) is 0 Å². The molecule has 3 N–H and O–H groups in total. The second kappa shape index (κ2) is 8.66. The Morgan fingerprint density at radius 3 is 2.32 bits per heavy atom. The molecule has 140 valence electrons. The van der Waals surface area contributed by atoms with Crippen LogP contribution in [0.15, 0.2) is 60.7 Å². The van der Waals surface area contributed by atoms with Gasteiger partial charge in [-0.15, -0.1) is 0 Å². The summed E-state index contributed by atoms with van der Waals surface area (Å²) in [5.41, 5.74) is 7.65. The number of nitriles is 1. The predicted octanol–water partition coefficient (Wildman–Crippen LogP) is 5.69. The fourth-order valence-corrected chi connectivity index (χ4v) is 2.95. The lowest BCUT2D eigenvalue weighted by molar-refractivity contribution is 0.373. The van der Waals surface area contributed by atoms with E-state index in [2.05, 4.69) is 0 Å². The van der Waals surface area contributed by atoms with Gasteiger partial charge in [-0.25, -0.2) is 0 Å². The maximum absolute atomic E-state index is 9.04. The molecular formula is C21H15Cl2N3O2. The number of hydrogen-bond donors (Lipinski definition) is 2. The molecule has 3 aromatic carbocycles. The number of anilines is 1. The molecule has 28 heavy (non-hydrogen) atoms. The van der Waals surface area contributed by atoms with Crippen molar-refractivity contribution in [3.05, 3.63) is 81.8 Å². The smallest absolute Gasteiger partial charge is 0.132 e. The SMILES string of the molecule is N#Cc1cc(Cl)cc(Oc2cc(Cl)cc(OCC(=N)c3ccccc3N)c2)c1. The molecule has 3 rings (SSSR count). The minimum absolute atomic E-state index is 0.0176. The second-order valence-electron chi connectivity index (χ2n) is 5.87. The van der Waals surface area contributed by atoms with Crippen LogP contribution in [-0.4, -0.2) is 12.3 Å². The molecule has 5 nitrogen and oxygen atoms in total. The van der Waals surface area contributed by atoms with Crippen molar-refractivity contribution in [2.24, 2.45) is 0 Å². The fraction of sp³-hybridized carbons (Fsp3) is 0.0476. The lowest BCUT2D eigenvalue weighted by Gasteiger charge is -2.12. The van der Waals surface area contributed by atoms with Crippen molar-refractivity contribution < 1.29 is 9.47 Å². The maximum Gasteiger partial charge on any atom is 0.132 e. The Balaban J connectivity index is 1.75. The van der Waals surface area contributed by atoms with E-state index >= 15 is 0 Å². The molecule has 0 unspecified atom stereocenters. The Hall–Kier alpha value is -3.20. The zero-order chi connectivity index (χ0) is 20.1. The van der Waals surface area contributed by atoms with Gasteiger partial charge in [0.15, 0.2) is 0 Å². The summed E-state index contributed by atoms with van der Waals surface area (Å²) in [4.78, 5) is 0. The molecule has 0 heterocycles. The molecule has 3 aromatic rings. The van der Waals surface area contributed by atoms with Crippen LogP contribution in [0.4, 0.5) is 5.69 Å². The highest BCUT2D eigenvalue weighted by Gasteiger charge is 2.09. The summed E-state index contributed by atoms with van der Waals surface area (Å²) in [6.07, 6.45) is 0. The first-order valence-corrected chi connectivity index (χ1v) is 8.94. The van der Waals surface area contributed by atoms with E-state index in [0.29, 0.717) is 44.1 Å². The molecule has 7 heteroatoms. The summed E-state index contributed by atoms with van der Waals surface area (Å²) in [6.45, 7) is 0.0176. The monoisotopic (exact) mass is 411 g/mol. The Morgan fingerprint density at radius 2 is 1.61 bits per heavy atom. The van der Waals surface area contributed by atoms with Gasteiger partial charge < -0.3 is 20.6 Å². The van der Waals surface area contributed by atoms with Gasteiger partial charge in [-0.1, -0.05) is 41.4 Å². The first kappa shape index (κ1) is 19.6. The highest BCUT2D eigenvalue weighted by molar-refractivity contribution is 6.31. The van der Waals surface area contributed by atoms with Crippen molar-refractivity contribution in [2.45, 2.75) is 0 Å². The molecule has 0 atom stereocenters. The van der Waals surface area contributed by atoms with E-state index in [-0.39, 0.29) is 12.3 Å². The van der Waals surface area contributed by atoms with Crippen LogP contribution in [0.25, 0.3) is 0 Å². The lowest BCUT2D eigenvalue weighted by Crippen LogP contribution is -2.13. The average molecular weight is 412 g/mol. The number of para-hydroxylation sites is 1. The zero-order valence-corrected chi connectivity index (χ0v) is 16.1. The van der Waals surface area contributed by atoms with Crippen LogP contribution >= 0.6 is 23.2 Å². The number of nitrogens with one attached hydrogen (secondary N) is 1. The average Bonchev–Trinajstić information content (AvgIpc) is 2.65. The van der Waals surface area contributed by atoms with E-state index in [9.17, 15) is 0 Å². The van der Waals surface area contributed by atoms with Gasteiger partial charge in [0.2, 0.25) is 0 Å². The van der Waals surface area contributed by atoms with Gasteiger partial charge in [0, 0.05) is 27.4 Å². The van der Waals surface area contributed by atoms with Gasteiger partial charge in [-0.2, -0.15) is 5.26 Å². The number of nitrogens with zero attached hydrogens (tertiary/aromatic N) is 1. The van der Waals surface area contributed by atoms with Crippen LogP contribution in [0, 0.1) is 16.7 Å². The third kappa shape index (κ3) is 4.95. The zero-order valence-electron chi connectivity index (χ0n) is 14.6. The maximum atomic E-state index is 9.04. The third-order valence-corrected chi connectivity index (χ3v) is 4.19. The highest BCUT2D eigenvalue weighted by Crippen LogP contribution is 2.31. The molecule has 0 saturated carbocycles. The van der Waals surface area contributed by atoms with Gasteiger partial charge in [0.1, 0.15) is 23.9 Å². The van der Waals surface area contributed by atoms with Crippen molar-refractivity contribution in [1.29, 1.82) is 10.7 Å².